The van der Waals surface area contributed by atoms with E-state index in [0.717, 1.165) is 37.2 Å². The highest BCUT2D eigenvalue weighted by molar-refractivity contribution is 5.35. The number of rotatable bonds is 5. The molecular formula is C19H22FNO. The minimum atomic E-state index is -0.182. The van der Waals surface area contributed by atoms with Gasteiger partial charge < -0.3 is 10.1 Å². The fourth-order valence-corrected chi connectivity index (χ4v) is 2.95. The minimum Gasteiger partial charge on any atom is -0.490 e. The van der Waals surface area contributed by atoms with Crippen LogP contribution in [0.1, 0.15) is 24.5 Å². The molecule has 0 bridgehead atoms. The van der Waals surface area contributed by atoms with Gasteiger partial charge in [0, 0.05) is 19.0 Å². The molecule has 0 amide bonds. The maximum absolute atomic E-state index is 13.2. The summed E-state index contributed by atoms with van der Waals surface area (Å²) < 4.78 is 19.3. The van der Waals surface area contributed by atoms with Gasteiger partial charge in [-0.1, -0.05) is 37.3 Å². The molecule has 3 rings (SSSR count). The first kappa shape index (κ1) is 15.0. The molecule has 0 radical (unpaired) electrons. The van der Waals surface area contributed by atoms with Crippen LogP contribution in [0.2, 0.25) is 0 Å². The fraction of sp³-hybridized carbons (Fsp3) is 0.368. The summed E-state index contributed by atoms with van der Waals surface area (Å²) in [6, 6.07) is 15.2. The Hall–Kier alpha value is -1.87. The number of benzene rings is 2. The van der Waals surface area contributed by atoms with E-state index in [-0.39, 0.29) is 11.9 Å². The lowest BCUT2D eigenvalue weighted by molar-refractivity contribution is 0.117. The number of nitrogens with one attached hydrogen (secondary N) is 1. The molecule has 0 spiro atoms. The molecule has 0 saturated carbocycles. The van der Waals surface area contributed by atoms with Crippen LogP contribution in [0.25, 0.3) is 0 Å². The third kappa shape index (κ3) is 3.66. The van der Waals surface area contributed by atoms with E-state index in [1.807, 2.05) is 6.07 Å². The van der Waals surface area contributed by atoms with Crippen LogP contribution in [-0.2, 0) is 13.0 Å². The van der Waals surface area contributed by atoms with Crippen LogP contribution < -0.4 is 10.1 Å². The molecule has 1 aliphatic heterocycles. The molecule has 2 nitrogen and oxygen atoms in total. The summed E-state index contributed by atoms with van der Waals surface area (Å²) in [5, 5.41) is 3.49. The van der Waals surface area contributed by atoms with E-state index in [4.69, 9.17) is 4.74 Å². The van der Waals surface area contributed by atoms with Crippen LogP contribution in [0.5, 0.6) is 5.75 Å². The summed E-state index contributed by atoms with van der Waals surface area (Å²) in [5.74, 6) is 1.08. The first-order chi connectivity index (χ1) is 10.7. The van der Waals surface area contributed by atoms with Crippen molar-refractivity contribution in [3.05, 3.63) is 65.5 Å². The molecule has 22 heavy (non-hydrogen) atoms. The van der Waals surface area contributed by atoms with Gasteiger partial charge >= 0.3 is 0 Å². The van der Waals surface area contributed by atoms with Crippen molar-refractivity contribution in [3.63, 3.8) is 0 Å². The van der Waals surface area contributed by atoms with Crippen molar-refractivity contribution in [3.8, 4) is 5.75 Å². The van der Waals surface area contributed by atoms with Crippen LogP contribution in [0.15, 0.2) is 48.5 Å². The summed E-state index contributed by atoms with van der Waals surface area (Å²) in [6.07, 6.45) is 2.03. The number of halogens is 1. The topological polar surface area (TPSA) is 21.3 Å². The second-order valence-corrected chi connectivity index (χ2v) is 6.04. The molecule has 1 heterocycles. The van der Waals surface area contributed by atoms with Crippen LogP contribution in [-0.4, -0.2) is 12.6 Å². The Morgan fingerprint density at radius 3 is 2.86 bits per heavy atom. The molecule has 0 fully saturated rings. The molecule has 0 aliphatic carbocycles. The van der Waals surface area contributed by atoms with Gasteiger partial charge in [-0.25, -0.2) is 4.39 Å². The second-order valence-electron chi connectivity index (χ2n) is 6.04. The summed E-state index contributed by atoms with van der Waals surface area (Å²) in [6.45, 7) is 3.99. The van der Waals surface area contributed by atoms with Crippen LogP contribution in [0.4, 0.5) is 4.39 Å². The van der Waals surface area contributed by atoms with E-state index in [2.05, 4.69) is 36.5 Å². The predicted octanol–water partition coefficient (Wildman–Crippen LogP) is 3.95. The standard InChI is InChI=1S/C19H22FNO/c1-14(12-21-13-15-5-3-2-4-6-15)18-9-7-16-11-17(20)8-10-19(16)22-18/h2-6,8,10-11,14,18,21H,7,9,12-13H2,1H3/t14-,18-/m1/s1. The molecule has 0 saturated heterocycles. The third-order valence-corrected chi connectivity index (χ3v) is 4.27. The van der Waals surface area contributed by atoms with Crippen molar-refractivity contribution in [2.45, 2.75) is 32.4 Å². The van der Waals surface area contributed by atoms with Crippen molar-refractivity contribution >= 4 is 0 Å². The van der Waals surface area contributed by atoms with E-state index >= 15 is 0 Å². The van der Waals surface area contributed by atoms with Crippen LogP contribution >= 0.6 is 0 Å². The second kappa shape index (κ2) is 6.93. The Morgan fingerprint density at radius 2 is 2.05 bits per heavy atom. The maximum atomic E-state index is 13.2. The lowest BCUT2D eigenvalue weighted by atomic mass is 9.94. The monoisotopic (exact) mass is 299 g/mol. The van der Waals surface area contributed by atoms with Gasteiger partial charge in [0.1, 0.15) is 17.7 Å². The number of hydrogen-bond acceptors (Lipinski definition) is 2. The molecule has 2 aromatic carbocycles. The predicted molar refractivity (Wildman–Crippen MR) is 86.4 cm³/mol. The Morgan fingerprint density at radius 1 is 1.23 bits per heavy atom. The molecular weight excluding hydrogens is 277 g/mol. The highest BCUT2D eigenvalue weighted by Gasteiger charge is 2.24. The van der Waals surface area contributed by atoms with Crippen molar-refractivity contribution < 1.29 is 9.13 Å². The van der Waals surface area contributed by atoms with Gasteiger partial charge in [-0.05, 0) is 42.2 Å². The zero-order valence-corrected chi connectivity index (χ0v) is 12.9. The average molecular weight is 299 g/mol. The minimum absolute atomic E-state index is 0.182. The van der Waals surface area contributed by atoms with E-state index in [9.17, 15) is 4.39 Å². The fourth-order valence-electron chi connectivity index (χ4n) is 2.95. The first-order valence-corrected chi connectivity index (χ1v) is 7.92. The summed E-state index contributed by atoms with van der Waals surface area (Å²) in [7, 11) is 0. The van der Waals surface area contributed by atoms with Gasteiger partial charge in [0.15, 0.2) is 0 Å². The normalized spacial score (nSPS) is 18.4. The van der Waals surface area contributed by atoms with Crippen LogP contribution in [0.3, 0.4) is 0 Å². The first-order valence-electron chi connectivity index (χ1n) is 7.92. The summed E-state index contributed by atoms with van der Waals surface area (Å²) in [4.78, 5) is 0. The number of fused-ring (bicyclic) bond motifs is 1. The van der Waals surface area contributed by atoms with E-state index in [1.54, 1.807) is 12.1 Å². The Kier molecular flexibility index (Phi) is 4.74. The van der Waals surface area contributed by atoms with Crippen molar-refractivity contribution in [1.82, 2.24) is 5.32 Å². The highest BCUT2D eigenvalue weighted by Crippen LogP contribution is 2.30. The van der Waals surface area contributed by atoms with E-state index in [1.165, 1.54) is 11.6 Å². The van der Waals surface area contributed by atoms with Gasteiger partial charge in [0.25, 0.3) is 0 Å². The molecule has 116 valence electrons. The smallest absolute Gasteiger partial charge is 0.123 e. The zero-order valence-electron chi connectivity index (χ0n) is 12.9. The van der Waals surface area contributed by atoms with Gasteiger partial charge in [-0.15, -0.1) is 0 Å². The average Bonchev–Trinajstić information content (AvgIpc) is 2.55. The quantitative estimate of drug-likeness (QED) is 0.903. The SMILES string of the molecule is C[C@H](CNCc1ccccc1)[C@H]1CCc2cc(F)ccc2O1. The molecule has 0 unspecified atom stereocenters. The molecule has 1 N–H and O–H groups in total. The largest absolute Gasteiger partial charge is 0.490 e. The molecule has 2 aromatic rings. The van der Waals surface area contributed by atoms with Gasteiger partial charge in [-0.2, -0.15) is 0 Å². The Labute approximate surface area is 131 Å². The number of hydrogen-bond donors (Lipinski definition) is 1. The number of ether oxygens (including phenoxy) is 1. The lowest BCUT2D eigenvalue weighted by Crippen LogP contribution is -2.35. The molecule has 2 atom stereocenters. The van der Waals surface area contributed by atoms with Gasteiger partial charge in [0.2, 0.25) is 0 Å². The van der Waals surface area contributed by atoms with Crippen LogP contribution in [0, 0.1) is 11.7 Å². The van der Waals surface area contributed by atoms with E-state index < -0.39 is 0 Å². The molecule has 0 aromatic heterocycles. The maximum Gasteiger partial charge on any atom is 0.123 e. The zero-order chi connectivity index (χ0) is 15.4. The van der Waals surface area contributed by atoms with Crippen molar-refractivity contribution in [2.24, 2.45) is 5.92 Å². The van der Waals surface area contributed by atoms with Crippen molar-refractivity contribution in [1.29, 1.82) is 0 Å². The van der Waals surface area contributed by atoms with Gasteiger partial charge in [-0.3, -0.25) is 0 Å². The number of aryl methyl sites for hydroxylation is 1. The summed E-state index contributed by atoms with van der Waals surface area (Å²) in [5.41, 5.74) is 2.28. The highest BCUT2D eigenvalue weighted by atomic mass is 19.1. The molecule has 1 aliphatic rings. The van der Waals surface area contributed by atoms with E-state index in [0.29, 0.717) is 5.92 Å². The summed E-state index contributed by atoms with van der Waals surface area (Å²) >= 11 is 0. The molecule has 3 heteroatoms. The van der Waals surface area contributed by atoms with Gasteiger partial charge in [0.05, 0.1) is 0 Å². The van der Waals surface area contributed by atoms with Crippen molar-refractivity contribution in [2.75, 3.05) is 6.54 Å². The lowest BCUT2D eigenvalue weighted by Gasteiger charge is -2.30. The Bertz CT molecular complexity index is 614. The third-order valence-electron chi connectivity index (χ3n) is 4.27. The Balaban J connectivity index is 1.51.